The summed E-state index contributed by atoms with van der Waals surface area (Å²) in [6.45, 7) is 6.63. The fraction of sp³-hybridized carbons (Fsp3) is 0.864. The minimum Gasteiger partial charge on any atom is -0.466 e. The number of rotatable bonds is 17. The van der Waals surface area contributed by atoms with Gasteiger partial charge in [0, 0.05) is 6.42 Å². The third-order valence-electron chi connectivity index (χ3n) is 4.38. The van der Waals surface area contributed by atoms with E-state index in [-0.39, 0.29) is 12.1 Å². The molecule has 0 aliphatic rings. The second kappa shape index (κ2) is 18.0. The van der Waals surface area contributed by atoms with Gasteiger partial charge in [0.15, 0.2) is 0 Å². The van der Waals surface area contributed by atoms with Crippen molar-refractivity contribution in [3.63, 3.8) is 0 Å². The summed E-state index contributed by atoms with van der Waals surface area (Å²) in [5, 5.41) is 9.74. The van der Waals surface area contributed by atoms with Crippen LogP contribution < -0.4 is 0 Å². The zero-order valence-electron chi connectivity index (χ0n) is 17.0. The predicted octanol–water partition coefficient (Wildman–Crippen LogP) is 6.19. The lowest BCUT2D eigenvalue weighted by molar-refractivity contribution is -0.143. The third-order valence-corrected chi connectivity index (χ3v) is 4.38. The second-order valence-electron chi connectivity index (χ2n) is 7.50. The standard InChI is InChI=1S/C22H42O3/c1-4-25-22(24)18-16-14-12-10-8-6-5-7-9-11-13-15-17-21(23)19-20(2)3/h15,17,20-21,23H,4-14,16,18-19H2,1-3H3. The number of aliphatic hydroxyl groups excluding tert-OH is 1. The van der Waals surface area contributed by atoms with E-state index < -0.39 is 0 Å². The molecule has 25 heavy (non-hydrogen) atoms. The van der Waals surface area contributed by atoms with Gasteiger partial charge in [-0.15, -0.1) is 0 Å². The summed E-state index contributed by atoms with van der Waals surface area (Å²) in [5.74, 6) is 0.504. The van der Waals surface area contributed by atoms with Gasteiger partial charge in [-0.05, 0) is 38.5 Å². The van der Waals surface area contributed by atoms with E-state index >= 15 is 0 Å². The summed E-state index contributed by atoms with van der Waals surface area (Å²) in [4.78, 5) is 11.2. The highest BCUT2D eigenvalue weighted by atomic mass is 16.5. The maximum Gasteiger partial charge on any atom is 0.305 e. The largest absolute Gasteiger partial charge is 0.466 e. The van der Waals surface area contributed by atoms with Gasteiger partial charge in [0.05, 0.1) is 12.7 Å². The normalized spacial score (nSPS) is 12.8. The first-order valence-corrected chi connectivity index (χ1v) is 10.6. The van der Waals surface area contributed by atoms with Crippen LogP contribution in [0.15, 0.2) is 12.2 Å². The van der Waals surface area contributed by atoms with Crippen molar-refractivity contribution in [3.8, 4) is 0 Å². The topological polar surface area (TPSA) is 46.5 Å². The van der Waals surface area contributed by atoms with Crippen molar-refractivity contribution in [2.45, 2.75) is 110 Å². The first kappa shape index (κ1) is 24.2. The lowest BCUT2D eigenvalue weighted by Crippen LogP contribution is -2.05. The molecule has 0 spiro atoms. The molecule has 0 bridgehead atoms. The number of aliphatic hydroxyl groups is 1. The number of carbonyl (C=O) groups is 1. The predicted molar refractivity (Wildman–Crippen MR) is 107 cm³/mol. The summed E-state index contributed by atoms with van der Waals surface area (Å²) in [6, 6.07) is 0. The van der Waals surface area contributed by atoms with E-state index in [0.29, 0.717) is 18.9 Å². The molecule has 1 atom stereocenters. The molecule has 1 N–H and O–H groups in total. The molecular weight excluding hydrogens is 312 g/mol. The molecule has 0 saturated heterocycles. The monoisotopic (exact) mass is 354 g/mol. The summed E-state index contributed by atoms with van der Waals surface area (Å²) < 4.78 is 4.92. The Kier molecular flexibility index (Phi) is 17.4. The van der Waals surface area contributed by atoms with Crippen molar-refractivity contribution in [2.24, 2.45) is 5.92 Å². The van der Waals surface area contributed by atoms with E-state index in [9.17, 15) is 9.90 Å². The fourth-order valence-electron chi connectivity index (χ4n) is 2.99. The SMILES string of the molecule is CCOC(=O)CCCCCCCCCCCCC=CC(O)CC(C)C. The van der Waals surface area contributed by atoms with Crippen molar-refractivity contribution in [3.05, 3.63) is 12.2 Å². The Balaban J connectivity index is 3.21. The highest BCUT2D eigenvalue weighted by Gasteiger charge is 2.02. The highest BCUT2D eigenvalue weighted by Crippen LogP contribution is 2.13. The zero-order valence-corrected chi connectivity index (χ0v) is 17.0. The second-order valence-corrected chi connectivity index (χ2v) is 7.50. The summed E-state index contributed by atoms with van der Waals surface area (Å²) in [7, 11) is 0. The molecule has 3 nitrogen and oxygen atoms in total. The van der Waals surface area contributed by atoms with Gasteiger partial charge >= 0.3 is 5.97 Å². The number of ether oxygens (including phenoxy) is 1. The van der Waals surface area contributed by atoms with Crippen molar-refractivity contribution in [1.82, 2.24) is 0 Å². The minimum absolute atomic E-state index is 0.0493. The van der Waals surface area contributed by atoms with Crippen LogP contribution in [0.5, 0.6) is 0 Å². The Bertz CT molecular complexity index is 323. The number of hydrogen-bond donors (Lipinski definition) is 1. The molecule has 0 aromatic carbocycles. The lowest BCUT2D eigenvalue weighted by atomic mass is 10.0. The number of allylic oxidation sites excluding steroid dienone is 1. The van der Waals surface area contributed by atoms with E-state index in [0.717, 1.165) is 25.7 Å². The van der Waals surface area contributed by atoms with Gasteiger partial charge in [0.1, 0.15) is 0 Å². The number of hydrogen-bond acceptors (Lipinski definition) is 3. The smallest absolute Gasteiger partial charge is 0.305 e. The average molecular weight is 355 g/mol. The van der Waals surface area contributed by atoms with Gasteiger partial charge in [0.25, 0.3) is 0 Å². The van der Waals surface area contributed by atoms with E-state index in [1.807, 2.05) is 13.0 Å². The van der Waals surface area contributed by atoms with Crippen molar-refractivity contribution < 1.29 is 14.6 Å². The quantitative estimate of drug-likeness (QED) is 0.192. The van der Waals surface area contributed by atoms with Crippen LogP contribution in [0.4, 0.5) is 0 Å². The van der Waals surface area contributed by atoms with Gasteiger partial charge < -0.3 is 9.84 Å². The Morgan fingerprint density at radius 2 is 1.44 bits per heavy atom. The van der Waals surface area contributed by atoms with Crippen LogP contribution in [0.25, 0.3) is 0 Å². The Labute approximate surface area is 156 Å². The maximum atomic E-state index is 11.2. The van der Waals surface area contributed by atoms with E-state index in [2.05, 4.69) is 19.9 Å². The number of esters is 1. The van der Waals surface area contributed by atoms with Gasteiger partial charge in [0.2, 0.25) is 0 Å². The van der Waals surface area contributed by atoms with E-state index in [1.54, 1.807) is 0 Å². The summed E-state index contributed by atoms with van der Waals surface area (Å²) in [6.07, 6.45) is 18.9. The molecule has 0 radical (unpaired) electrons. The molecule has 0 heterocycles. The van der Waals surface area contributed by atoms with Gasteiger partial charge in [-0.2, -0.15) is 0 Å². The Morgan fingerprint density at radius 3 is 1.96 bits per heavy atom. The van der Waals surface area contributed by atoms with Crippen molar-refractivity contribution in [2.75, 3.05) is 6.61 Å². The molecule has 0 aromatic rings. The fourth-order valence-corrected chi connectivity index (χ4v) is 2.99. The molecule has 0 aliphatic carbocycles. The first-order chi connectivity index (χ1) is 12.1. The highest BCUT2D eigenvalue weighted by molar-refractivity contribution is 5.69. The zero-order chi connectivity index (χ0) is 18.8. The van der Waals surface area contributed by atoms with Crippen molar-refractivity contribution >= 4 is 5.97 Å². The molecule has 0 amide bonds. The molecule has 0 aliphatic heterocycles. The molecule has 0 rings (SSSR count). The van der Waals surface area contributed by atoms with Crippen LogP contribution in [-0.4, -0.2) is 23.8 Å². The molecule has 3 heteroatoms. The molecule has 0 fully saturated rings. The van der Waals surface area contributed by atoms with E-state index in [4.69, 9.17) is 4.74 Å². The minimum atomic E-state index is -0.266. The van der Waals surface area contributed by atoms with Crippen LogP contribution in [-0.2, 0) is 9.53 Å². The summed E-state index contributed by atoms with van der Waals surface area (Å²) >= 11 is 0. The Hall–Kier alpha value is -0.830. The molecule has 148 valence electrons. The van der Waals surface area contributed by atoms with Crippen LogP contribution in [0, 0.1) is 5.92 Å². The number of unbranched alkanes of at least 4 members (excludes halogenated alkanes) is 10. The number of carbonyl (C=O) groups excluding carboxylic acids is 1. The van der Waals surface area contributed by atoms with Crippen LogP contribution in [0.1, 0.15) is 104 Å². The molecule has 1 unspecified atom stereocenters. The maximum absolute atomic E-state index is 11.2. The van der Waals surface area contributed by atoms with Crippen molar-refractivity contribution in [1.29, 1.82) is 0 Å². The molecule has 0 saturated carbocycles. The van der Waals surface area contributed by atoms with E-state index in [1.165, 1.54) is 51.4 Å². The van der Waals surface area contributed by atoms with Gasteiger partial charge in [-0.1, -0.05) is 77.4 Å². The first-order valence-electron chi connectivity index (χ1n) is 10.6. The molecular formula is C22H42O3. The average Bonchev–Trinajstić information content (AvgIpc) is 2.54. The van der Waals surface area contributed by atoms with Crippen LogP contribution >= 0.6 is 0 Å². The van der Waals surface area contributed by atoms with Crippen LogP contribution in [0.3, 0.4) is 0 Å². The summed E-state index contributed by atoms with van der Waals surface area (Å²) in [5.41, 5.74) is 0. The molecule has 0 aromatic heterocycles. The lowest BCUT2D eigenvalue weighted by Gasteiger charge is -2.07. The third kappa shape index (κ3) is 19.3. The van der Waals surface area contributed by atoms with Crippen LogP contribution in [0.2, 0.25) is 0 Å². The Morgan fingerprint density at radius 1 is 0.920 bits per heavy atom. The van der Waals surface area contributed by atoms with Gasteiger partial charge in [-0.3, -0.25) is 4.79 Å². The van der Waals surface area contributed by atoms with Gasteiger partial charge in [-0.25, -0.2) is 0 Å².